The molecule has 1 aliphatic heterocycles. The molecule has 0 saturated carbocycles. The van der Waals surface area contributed by atoms with Crippen molar-refractivity contribution in [2.75, 3.05) is 13.2 Å². The molecule has 9 heteroatoms. The number of ether oxygens (including phenoxy) is 1. The molecule has 0 bridgehead atoms. The van der Waals surface area contributed by atoms with Gasteiger partial charge in [-0.1, -0.05) is 23.8 Å². The molecule has 2 N–H and O–H groups in total. The Morgan fingerprint density at radius 1 is 1.28 bits per heavy atom. The van der Waals surface area contributed by atoms with Crippen LogP contribution in [0.5, 0.6) is 0 Å². The standard InChI is InChI=1S/C20H25N3O5S/c1-14(22-19-16-9-5-6-10-17(16)29(26,27)23-19)20(25)28-13-18(24)21-12-11-15-7-3-2-4-8-15/h5-7,9-10,14H,2-4,8,11-13H2,1H3,(H,21,24)(H,22,23). The van der Waals surface area contributed by atoms with Gasteiger partial charge < -0.3 is 10.1 Å². The van der Waals surface area contributed by atoms with Gasteiger partial charge >= 0.3 is 5.97 Å². The number of allylic oxidation sites excluding steroid dienone is 1. The van der Waals surface area contributed by atoms with Crippen LogP contribution in [0.2, 0.25) is 0 Å². The molecule has 1 amide bonds. The topological polar surface area (TPSA) is 114 Å². The van der Waals surface area contributed by atoms with Crippen LogP contribution in [0.3, 0.4) is 0 Å². The van der Waals surface area contributed by atoms with Crippen molar-refractivity contribution in [3.05, 3.63) is 41.5 Å². The molecule has 3 rings (SSSR count). The minimum atomic E-state index is -3.67. The fourth-order valence-electron chi connectivity index (χ4n) is 3.28. The van der Waals surface area contributed by atoms with Crippen molar-refractivity contribution < 1.29 is 22.7 Å². The van der Waals surface area contributed by atoms with Crippen LogP contribution < -0.4 is 10.0 Å². The summed E-state index contributed by atoms with van der Waals surface area (Å²) in [4.78, 5) is 28.2. The Morgan fingerprint density at radius 3 is 2.83 bits per heavy atom. The van der Waals surface area contributed by atoms with Crippen LogP contribution in [0.15, 0.2) is 45.8 Å². The molecule has 0 saturated heterocycles. The van der Waals surface area contributed by atoms with Crippen molar-refractivity contribution in [1.82, 2.24) is 10.0 Å². The van der Waals surface area contributed by atoms with E-state index in [1.807, 2.05) is 0 Å². The Labute approximate surface area is 170 Å². The number of nitrogens with zero attached hydrogens (tertiary/aromatic N) is 1. The third-order valence-electron chi connectivity index (χ3n) is 4.83. The number of benzene rings is 1. The maximum Gasteiger partial charge on any atom is 0.331 e. The van der Waals surface area contributed by atoms with E-state index >= 15 is 0 Å². The summed E-state index contributed by atoms with van der Waals surface area (Å²) in [7, 11) is -3.67. The summed E-state index contributed by atoms with van der Waals surface area (Å²) in [6, 6.07) is 5.42. The number of fused-ring (bicyclic) bond motifs is 1. The average molecular weight is 420 g/mol. The second-order valence-corrected chi connectivity index (χ2v) is 8.72. The van der Waals surface area contributed by atoms with E-state index in [0.717, 1.165) is 19.3 Å². The Bertz CT molecular complexity index is 953. The van der Waals surface area contributed by atoms with Crippen LogP contribution in [0.25, 0.3) is 0 Å². The number of rotatable bonds is 7. The molecule has 0 radical (unpaired) electrons. The number of hydrogen-bond donors (Lipinski definition) is 2. The fraction of sp³-hybridized carbons (Fsp3) is 0.450. The van der Waals surface area contributed by atoms with Crippen LogP contribution in [0.1, 0.15) is 44.6 Å². The van der Waals surface area contributed by atoms with Crippen LogP contribution in [-0.2, 0) is 24.3 Å². The molecule has 8 nitrogen and oxygen atoms in total. The van der Waals surface area contributed by atoms with Gasteiger partial charge in [-0.05, 0) is 51.2 Å². The third kappa shape index (κ3) is 5.44. The summed E-state index contributed by atoms with van der Waals surface area (Å²) < 4.78 is 31.5. The Kier molecular flexibility index (Phi) is 6.68. The van der Waals surface area contributed by atoms with E-state index in [4.69, 9.17) is 4.74 Å². The lowest BCUT2D eigenvalue weighted by Gasteiger charge is -2.13. The van der Waals surface area contributed by atoms with Crippen LogP contribution in [0, 0.1) is 0 Å². The van der Waals surface area contributed by atoms with E-state index in [0.29, 0.717) is 12.1 Å². The van der Waals surface area contributed by atoms with Gasteiger partial charge in [0.25, 0.3) is 15.9 Å². The summed E-state index contributed by atoms with van der Waals surface area (Å²) >= 11 is 0. The van der Waals surface area contributed by atoms with E-state index in [9.17, 15) is 18.0 Å². The monoisotopic (exact) mass is 419 g/mol. The van der Waals surface area contributed by atoms with Crippen LogP contribution in [0.4, 0.5) is 0 Å². The molecule has 1 unspecified atom stereocenters. The van der Waals surface area contributed by atoms with E-state index in [1.54, 1.807) is 18.2 Å². The first-order valence-electron chi connectivity index (χ1n) is 9.68. The van der Waals surface area contributed by atoms with Gasteiger partial charge in [0.15, 0.2) is 6.61 Å². The molecule has 1 heterocycles. The molecule has 1 aliphatic carbocycles. The maximum atomic E-state index is 12.1. The molecule has 2 aliphatic rings. The highest BCUT2D eigenvalue weighted by Crippen LogP contribution is 2.22. The average Bonchev–Trinajstić information content (AvgIpc) is 2.97. The van der Waals surface area contributed by atoms with Crippen molar-refractivity contribution in [2.45, 2.75) is 50.0 Å². The van der Waals surface area contributed by atoms with Gasteiger partial charge in [-0.15, -0.1) is 0 Å². The molecule has 1 aromatic carbocycles. The highest BCUT2D eigenvalue weighted by atomic mass is 32.2. The summed E-state index contributed by atoms with van der Waals surface area (Å²) in [6.45, 7) is 1.60. The lowest BCUT2D eigenvalue weighted by molar-refractivity contribution is -0.149. The zero-order valence-electron chi connectivity index (χ0n) is 16.3. The van der Waals surface area contributed by atoms with Gasteiger partial charge in [0.1, 0.15) is 11.9 Å². The number of aliphatic imine (C=N–C) groups is 1. The Balaban J connectivity index is 1.48. The predicted molar refractivity (Wildman–Crippen MR) is 108 cm³/mol. The summed E-state index contributed by atoms with van der Waals surface area (Å²) in [6.07, 6.45) is 7.63. The zero-order valence-corrected chi connectivity index (χ0v) is 17.1. The normalized spacial score (nSPS) is 19.6. The molecule has 156 valence electrons. The van der Waals surface area contributed by atoms with Crippen LogP contribution in [-0.4, -0.2) is 45.3 Å². The van der Waals surface area contributed by atoms with Gasteiger partial charge in [0.05, 0.1) is 4.90 Å². The van der Waals surface area contributed by atoms with Crippen molar-refractivity contribution in [1.29, 1.82) is 0 Å². The van der Waals surface area contributed by atoms with Gasteiger partial charge in [-0.25, -0.2) is 13.2 Å². The van der Waals surface area contributed by atoms with Crippen molar-refractivity contribution in [3.8, 4) is 0 Å². The lowest BCUT2D eigenvalue weighted by Crippen LogP contribution is -2.32. The number of nitrogens with one attached hydrogen (secondary N) is 2. The molecule has 0 fully saturated rings. The molecule has 1 aromatic rings. The number of amidine groups is 1. The molecule has 1 atom stereocenters. The Morgan fingerprint density at radius 2 is 2.07 bits per heavy atom. The molecule has 0 aromatic heterocycles. The lowest BCUT2D eigenvalue weighted by atomic mass is 9.97. The predicted octanol–water partition coefficient (Wildman–Crippen LogP) is 1.66. The second-order valence-electron chi connectivity index (χ2n) is 7.07. The van der Waals surface area contributed by atoms with Gasteiger partial charge in [-0.2, -0.15) is 0 Å². The van der Waals surface area contributed by atoms with E-state index < -0.39 is 28.6 Å². The minimum absolute atomic E-state index is 0.0928. The first-order valence-corrected chi connectivity index (χ1v) is 11.2. The fourth-order valence-corrected chi connectivity index (χ4v) is 4.52. The largest absolute Gasteiger partial charge is 0.454 e. The number of carbonyl (C=O) groups is 2. The van der Waals surface area contributed by atoms with Gasteiger partial charge in [-0.3, -0.25) is 14.5 Å². The first-order chi connectivity index (χ1) is 13.9. The van der Waals surface area contributed by atoms with Crippen molar-refractivity contribution >= 4 is 27.7 Å². The maximum absolute atomic E-state index is 12.1. The molecule has 0 spiro atoms. The summed E-state index contributed by atoms with van der Waals surface area (Å²) in [5.74, 6) is -0.983. The number of esters is 1. The van der Waals surface area contributed by atoms with Crippen LogP contribution >= 0.6 is 0 Å². The highest BCUT2D eigenvalue weighted by molar-refractivity contribution is 7.90. The first kappa shape index (κ1) is 21.0. The quantitative estimate of drug-likeness (QED) is 0.515. The second kappa shape index (κ2) is 9.21. The number of sulfonamides is 1. The number of carbonyl (C=O) groups excluding carboxylic acids is 2. The summed E-state index contributed by atoms with van der Waals surface area (Å²) in [5, 5.41) is 2.74. The van der Waals surface area contributed by atoms with Crippen molar-refractivity contribution in [3.63, 3.8) is 0 Å². The smallest absolute Gasteiger partial charge is 0.331 e. The minimum Gasteiger partial charge on any atom is -0.454 e. The molecular formula is C20H25N3O5S. The highest BCUT2D eigenvalue weighted by Gasteiger charge is 2.31. The Hall–Kier alpha value is -2.68. The van der Waals surface area contributed by atoms with Gasteiger partial charge in [0, 0.05) is 12.1 Å². The van der Waals surface area contributed by atoms with E-state index in [-0.39, 0.29) is 16.6 Å². The summed E-state index contributed by atoms with van der Waals surface area (Å²) in [5.41, 5.74) is 1.76. The third-order valence-corrected chi connectivity index (χ3v) is 6.22. The number of amides is 1. The van der Waals surface area contributed by atoms with E-state index in [1.165, 1.54) is 31.4 Å². The van der Waals surface area contributed by atoms with Crippen molar-refractivity contribution in [2.24, 2.45) is 4.99 Å². The van der Waals surface area contributed by atoms with Gasteiger partial charge in [0.2, 0.25) is 0 Å². The van der Waals surface area contributed by atoms with E-state index in [2.05, 4.69) is 21.1 Å². The zero-order chi connectivity index (χ0) is 20.9. The number of hydrogen-bond acceptors (Lipinski definition) is 6. The molecule has 29 heavy (non-hydrogen) atoms. The SMILES string of the molecule is CC(N=C1NS(=O)(=O)c2ccccc21)C(=O)OCC(=O)NCCC1=CCCCC1. The molecular weight excluding hydrogens is 394 g/mol.